The Hall–Kier alpha value is -1.53. The van der Waals surface area contributed by atoms with Gasteiger partial charge >= 0.3 is 0 Å². The van der Waals surface area contributed by atoms with Crippen molar-refractivity contribution in [1.29, 1.82) is 0 Å². The van der Waals surface area contributed by atoms with E-state index in [4.69, 9.17) is 0 Å². The van der Waals surface area contributed by atoms with Crippen LogP contribution in [0, 0.1) is 11.6 Å². The molecule has 1 aliphatic rings. The molecule has 0 spiro atoms. The van der Waals surface area contributed by atoms with Crippen molar-refractivity contribution in [3.8, 4) is 0 Å². The SMILES string of the molecule is C[C@@H](C(=O)N1CC(O)CC1c1cc(F)ccc1F)N(C)C. The van der Waals surface area contributed by atoms with E-state index in [2.05, 4.69) is 0 Å². The third-order valence-electron chi connectivity index (χ3n) is 4.01. The molecule has 1 fully saturated rings. The van der Waals surface area contributed by atoms with Gasteiger partial charge in [0, 0.05) is 12.1 Å². The van der Waals surface area contributed by atoms with Gasteiger partial charge in [0.2, 0.25) is 5.91 Å². The second kappa shape index (κ2) is 6.07. The number of nitrogens with zero attached hydrogens (tertiary/aromatic N) is 2. The van der Waals surface area contributed by atoms with Crippen LogP contribution >= 0.6 is 0 Å². The van der Waals surface area contributed by atoms with Crippen molar-refractivity contribution in [1.82, 2.24) is 9.80 Å². The zero-order valence-electron chi connectivity index (χ0n) is 12.4. The minimum Gasteiger partial charge on any atom is -0.391 e. The predicted octanol–water partition coefficient (Wildman–Crippen LogP) is 1.55. The van der Waals surface area contributed by atoms with Crippen LogP contribution in [-0.2, 0) is 4.79 Å². The number of benzene rings is 1. The largest absolute Gasteiger partial charge is 0.391 e. The Morgan fingerprint density at radius 2 is 2.10 bits per heavy atom. The van der Waals surface area contributed by atoms with Crippen LogP contribution < -0.4 is 0 Å². The topological polar surface area (TPSA) is 43.8 Å². The predicted molar refractivity (Wildman–Crippen MR) is 74.6 cm³/mol. The summed E-state index contributed by atoms with van der Waals surface area (Å²) in [6.45, 7) is 1.88. The molecule has 116 valence electrons. The van der Waals surface area contributed by atoms with E-state index in [9.17, 15) is 18.7 Å². The smallest absolute Gasteiger partial charge is 0.240 e. The third kappa shape index (κ3) is 3.22. The van der Waals surface area contributed by atoms with E-state index in [0.29, 0.717) is 0 Å². The number of amides is 1. The molecule has 1 aliphatic heterocycles. The Morgan fingerprint density at radius 1 is 1.43 bits per heavy atom. The normalized spacial score (nSPS) is 23.7. The molecule has 21 heavy (non-hydrogen) atoms. The molecule has 2 unspecified atom stereocenters. The number of carbonyl (C=O) groups excluding carboxylic acids is 1. The quantitative estimate of drug-likeness (QED) is 0.921. The summed E-state index contributed by atoms with van der Waals surface area (Å²) >= 11 is 0. The Balaban J connectivity index is 2.32. The van der Waals surface area contributed by atoms with Crippen LogP contribution in [-0.4, -0.2) is 53.6 Å². The molecule has 0 saturated carbocycles. The molecule has 0 bridgehead atoms. The molecule has 1 N–H and O–H groups in total. The molecule has 3 atom stereocenters. The fourth-order valence-corrected chi connectivity index (χ4v) is 2.58. The lowest BCUT2D eigenvalue weighted by Crippen LogP contribution is -2.44. The molecule has 1 aromatic rings. The molecular weight excluding hydrogens is 278 g/mol. The zero-order valence-corrected chi connectivity index (χ0v) is 12.4. The average molecular weight is 298 g/mol. The van der Waals surface area contributed by atoms with Crippen LogP contribution in [0.4, 0.5) is 8.78 Å². The Kier molecular flexibility index (Phi) is 4.58. The fourth-order valence-electron chi connectivity index (χ4n) is 2.58. The summed E-state index contributed by atoms with van der Waals surface area (Å²) in [6.07, 6.45) is -0.511. The third-order valence-corrected chi connectivity index (χ3v) is 4.01. The first-order valence-corrected chi connectivity index (χ1v) is 6.91. The summed E-state index contributed by atoms with van der Waals surface area (Å²) in [5.41, 5.74) is 0.117. The molecule has 2 rings (SSSR count). The summed E-state index contributed by atoms with van der Waals surface area (Å²) < 4.78 is 27.3. The molecule has 4 nitrogen and oxygen atoms in total. The van der Waals surface area contributed by atoms with Crippen molar-refractivity contribution >= 4 is 5.91 Å². The summed E-state index contributed by atoms with van der Waals surface area (Å²) in [5, 5.41) is 9.84. The van der Waals surface area contributed by atoms with Crippen LogP contribution in [0.2, 0.25) is 0 Å². The summed E-state index contributed by atoms with van der Waals surface area (Å²) in [7, 11) is 3.54. The Morgan fingerprint density at radius 3 is 2.71 bits per heavy atom. The summed E-state index contributed by atoms with van der Waals surface area (Å²) in [4.78, 5) is 15.6. The van der Waals surface area contributed by atoms with Gasteiger partial charge in [-0.05, 0) is 45.6 Å². The van der Waals surface area contributed by atoms with Crippen molar-refractivity contribution in [2.75, 3.05) is 20.6 Å². The molecule has 6 heteroatoms. The summed E-state index contributed by atoms with van der Waals surface area (Å²) in [5.74, 6) is -1.32. The minimum absolute atomic E-state index is 0.117. The van der Waals surface area contributed by atoms with Gasteiger partial charge in [0.1, 0.15) is 11.6 Å². The maximum atomic E-state index is 13.9. The summed E-state index contributed by atoms with van der Waals surface area (Å²) in [6, 6.07) is 2.16. The molecule has 0 radical (unpaired) electrons. The first-order valence-electron chi connectivity index (χ1n) is 6.91. The second-order valence-corrected chi connectivity index (χ2v) is 5.70. The van der Waals surface area contributed by atoms with Crippen molar-refractivity contribution in [2.24, 2.45) is 0 Å². The first-order chi connectivity index (χ1) is 9.81. The number of hydrogen-bond donors (Lipinski definition) is 1. The monoisotopic (exact) mass is 298 g/mol. The van der Waals surface area contributed by atoms with Crippen molar-refractivity contribution in [3.63, 3.8) is 0 Å². The van der Waals surface area contributed by atoms with E-state index in [1.807, 2.05) is 0 Å². The van der Waals surface area contributed by atoms with E-state index in [1.54, 1.807) is 25.9 Å². The highest BCUT2D eigenvalue weighted by Crippen LogP contribution is 2.34. The van der Waals surface area contributed by atoms with Gasteiger partial charge in [-0.1, -0.05) is 0 Å². The van der Waals surface area contributed by atoms with Gasteiger partial charge in [-0.3, -0.25) is 9.69 Å². The lowest BCUT2D eigenvalue weighted by Gasteiger charge is -2.30. The highest BCUT2D eigenvalue weighted by molar-refractivity contribution is 5.82. The van der Waals surface area contributed by atoms with E-state index in [0.717, 1.165) is 18.2 Å². The number of aliphatic hydroxyl groups excluding tert-OH is 1. The minimum atomic E-state index is -0.726. The van der Waals surface area contributed by atoms with Gasteiger partial charge in [0.25, 0.3) is 0 Å². The molecule has 1 heterocycles. The highest BCUT2D eigenvalue weighted by atomic mass is 19.1. The lowest BCUT2D eigenvalue weighted by atomic mass is 10.0. The lowest BCUT2D eigenvalue weighted by molar-refractivity contribution is -0.136. The highest BCUT2D eigenvalue weighted by Gasteiger charge is 2.38. The molecule has 0 aromatic heterocycles. The van der Waals surface area contributed by atoms with Crippen LogP contribution in [0.1, 0.15) is 24.9 Å². The van der Waals surface area contributed by atoms with Crippen LogP contribution in [0.15, 0.2) is 18.2 Å². The van der Waals surface area contributed by atoms with Crippen LogP contribution in [0.25, 0.3) is 0 Å². The van der Waals surface area contributed by atoms with E-state index < -0.39 is 29.8 Å². The number of carbonyl (C=O) groups is 1. The molecule has 1 saturated heterocycles. The van der Waals surface area contributed by atoms with E-state index in [-0.39, 0.29) is 24.4 Å². The van der Waals surface area contributed by atoms with Crippen molar-refractivity contribution < 1.29 is 18.7 Å². The fraction of sp³-hybridized carbons (Fsp3) is 0.533. The standard InChI is InChI=1S/C15H20F2N2O2/c1-9(18(2)3)15(21)19-8-11(20)7-14(19)12-6-10(16)4-5-13(12)17/h4-6,9,11,14,20H,7-8H2,1-3H3/t9-,11?,14?/m0/s1. The number of aliphatic hydroxyl groups is 1. The van der Waals surface area contributed by atoms with Crippen LogP contribution in [0.5, 0.6) is 0 Å². The van der Waals surface area contributed by atoms with Crippen LogP contribution in [0.3, 0.4) is 0 Å². The van der Waals surface area contributed by atoms with Crippen molar-refractivity contribution in [3.05, 3.63) is 35.4 Å². The van der Waals surface area contributed by atoms with Gasteiger partial charge in [-0.25, -0.2) is 8.78 Å². The van der Waals surface area contributed by atoms with Gasteiger partial charge in [-0.2, -0.15) is 0 Å². The Bertz CT molecular complexity index is 536. The van der Waals surface area contributed by atoms with E-state index in [1.165, 1.54) is 4.90 Å². The van der Waals surface area contributed by atoms with Gasteiger partial charge in [0.15, 0.2) is 0 Å². The maximum Gasteiger partial charge on any atom is 0.240 e. The number of rotatable bonds is 3. The number of halogens is 2. The molecule has 0 aliphatic carbocycles. The molecular formula is C15H20F2N2O2. The number of β-amino-alcohol motifs (C(OH)–C–C–N with tert-alkyl or cyclic N) is 1. The van der Waals surface area contributed by atoms with Gasteiger partial charge < -0.3 is 10.0 Å². The average Bonchev–Trinajstić information content (AvgIpc) is 2.81. The second-order valence-electron chi connectivity index (χ2n) is 5.70. The number of hydrogen-bond acceptors (Lipinski definition) is 3. The first kappa shape index (κ1) is 15.9. The molecule has 1 amide bonds. The number of likely N-dealkylation sites (N-methyl/N-ethyl adjacent to an activating group) is 1. The zero-order chi connectivity index (χ0) is 15.7. The Labute approximate surface area is 123 Å². The van der Waals surface area contributed by atoms with Crippen molar-refractivity contribution in [2.45, 2.75) is 31.5 Å². The molecule has 1 aromatic carbocycles. The number of likely N-dealkylation sites (tertiary alicyclic amines) is 1. The van der Waals surface area contributed by atoms with Gasteiger partial charge in [-0.15, -0.1) is 0 Å². The van der Waals surface area contributed by atoms with Gasteiger partial charge in [0.05, 0.1) is 18.2 Å². The maximum absolute atomic E-state index is 13.9. The van der Waals surface area contributed by atoms with E-state index >= 15 is 0 Å².